The molecule has 6 heterocycles. The fourth-order valence-electron chi connectivity index (χ4n) is 7.85. The molecule has 5 aromatic heterocycles. The summed E-state index contributed by atoms with van der Waals surface area (Å²) in [5.41, 5.74) is 3.28. The molecule has 1 aliphatic heterocycles. The Kier molecular flexibility index (Phi) is 16.6. The van der Waals surface area contributed by atoms with Gasteiger partial charge in [0.2, 0.25) is 0 Å². The first-order valence-electron chi connectivity index (χ1n) is 22.4. The molecule has 0 saturated carbocycles. The van der Waals surface area contributed by atoms with Gasteiger partial charge in [-0.2, -0.15) is 22.8 Å². The van der Waals surface area contributed by atoms with Crippen molar-refractivity contribution in [2.75, 3.05) is 49.8 Å². The molecule has 1 saturated heterocycles. The Hall–Kier alpha value is -5.59. The summed E-state index contributed by atoms with van der Waals surface area (Å²) in [6, 6.07) is 9.47. The molecule has 2 atom stereocenters. The van der Waals surface area contributed by atoms with Crippen molar-refractivity contribution < 1.29 is 37.3 Å². The number of hydrogen-bond acceptors (Lipinski definition) is 12. The first-order chi connectivity index (χ1) is 31.0. The van der Waals surface area contributed by atoms with Crippen LogP contribution in [0.1, 0.15) is 107 Å². The van der Waals surface area contributed by atoms with E-state index in [-0.39, 0.29) is 56.8 Å². The lowest BCUT2D eigenvalue weighted by molar-refractivity contribution is -0.141. The number of pyridine rings is 3. The van der Waals surface area contributed by atoms with Crippen LogP contribution in [0.25, 0.3) is 16.8 Å². The minimum absolute atomic E-state index is 0.128. The number of ether oxygens (including phenoxy) is 3. The zero-order valence-corrected chi connectivity index (χ0v) is 38.2. The van der Waals surface area contributed by atoms with Crippen LogP contribution in [0.3, 0.4) is 0 Å². The van der Waals surface area contributed by atoms with Crippen LogP contribution in [-0.4, -0.2) is 91.6 Å². The number of hydrogen-bond donors (Lipinski definition) is 3. The maximum absolute atomic E-state index is 14.0. The van der Waals surface area contributed by atoms with Crippen LogP contribution >= 0.6 is 0 Å². The van der Waals surface area contributed by atoms with Gasteiger partial charge in [0.25, 0.3) is 5.56 Å². The van der Waals surface area contributed by atoms with E-state index in [2.05, 4.69) is 37.5 Å². The van der Waals surface area contributed by atoms with Crippen molar-refractivity contribution in [2.24, 2.45) is 0 Å². The third-order valence-corrected chi connectivity index (χ3v) is 11.2. The lowest BCUT2D eigenvalue weighted by Gasteiger charge is -2.36. The highest BCUT2D eigenvalue weighted by Gasteiger charge is 2.33. The van der Waals surface area contributed by atoms with Crippen molar-refractivity contribution >= 4 is 23.4 Å². The summed E-state index contributed by atoms with van der Waals surface area (Å²) < 4.78 is 62.1. The number of alkyl carbamates (subject to hydrolysis) is 1. The lowest BCUT2D eigenvalue weighted by Crippen LogP contribution is -2.40. The molecule has 1 fully saturated rings. The van der Waals surface area contributed by atoms with Gasteiger partial charge in [-0.15, -0.1) is 0 Å². The van der Waals surface area contributed by atoms with E-state index in [4.69, 9.17) is 19.2 Å². The zero-order valence-electron chi connectivity index (χ0n) is 38.2. The molecule has 65 heavy (non-hydrogen) atoms. The highest BCUT2D eigenvalue weighted by Crippen LogP contribution is 2.34. The SMILES string of the molecule is CCc1cnn2c(NCc3ccc(=O)n(CCOCCOCCCc4cc(-c5cnc([C@H](C)NC(=O)OC(C)(C)C)cc5C)cc(C(F)(F)F)n4)c3)cc(N3CCCC[C@H]3CCO)nc12. The molecule has 0 spiro atoms. The normalized spacial score (nSPS) is 15.0. The Bertz CT molecular complexity index is 2430. The molecule has 15 nitrogen and oxygen atoms in total. The number of aryl methyl sites for hydroxylation is 3. The average molecular weight is 906 g/mol. The Morgan fingerprint density at radius 2 is 1.80 bits per heavy atom. The molecule has 0 bridgehead atoms. The molecule has 0 aromatic carbocycles. The van der Waals surface area contributed by atoms with Crippen molar-refractivity contribution in [3.05, 3.63) is 99.1 Å². The summed E-state index contributed by atoms with van der Waals surface area (Å²) >= 11 is 0. The number of nitrogens with one attached hydrogen (secondary N) is 2. The van der Waals surface area contributed by atoms with E-state index >= 15 is 0 Å². The predicted molar refractivity (Wildman–Crippen MR) is 242 cm³/mol. The number of fused-ring (bicyclic) bond motifs is 1. The van der Waals surface area contributed by atoms with Gasteiger partial charge in [0, 0.05) is 80.2 Å². The van der Waals surface area contributed by atoms with Gasteiger partial charge in [0.15, 0.2) is 5.65 Å². The summed E-state index contributed by atoms with van der Waals surface area (Å²) in [7, 11) is 0. The molecule has 3 N–H and O–H groups in total. The minimum Gasteiger partial charge on any atom is -0.444 e. The molecule has 6 rings (SSSR count). The van der Waals surface area contributed by atoms with Gasteiger partial charge in [-0.3, -0.25) is 9.78 Å². The summed E-state index contributed by atoms with van der Waals surface area (Å²) in [5.74, 6) is 1.64. The summed E-state index contributed by atoms with van der Waals surface area (Å²) in [4.78, 5) is 40.7. The predicted octanol–water partition coefficient (Wildman–Crippen LogP) is 7.84. The number of carbonyl (C=O) groups excluding carboxylic acids is 1. The number of piperidine rings is 1. The second kappa shape index (κ2) is 22.1. The van der Waals surface area contributed by atoms with E-state index in [9.17, 15) is 27.9 Å². The van der Waals surface area contributed by atoms with Crippen molar-refractivity contribution in [2.45, 2.75) is 123 Å². The summed E-state index contributed by atoms with van der Waals surface area (Å²) in [6.45, 7) is 13.8. The number of rotatable bonds is 20. The number of carbonyl (C=O) groups is 1. The van der Waals surface area contributed by atoms with Crippen LogP contribution in [0.4, 0.5) is 29.6 Å². The number of aromatic nitrogens is 6. The second-order valence-corrected chi connectivity index (χ2v) is 17.4. The fourth-order valence-corrected chi connectivity index (χ4v) is 7.85. The Labute approximate surface area is 377 Å². The fraction of sp³-hybridized carbons (Fsp3) is 0.532. The van der Waals surface area contributed by atoms with Crippen LogP contribution in [0.15, 0.2) is 59.8 Å². The summed E-state index contributed by atoms with van der Waals surface area (Å²) in [6.07, 6.45) is 5.29. The van der Waals surface area contributed by atoms with E-state index in [1.807, 2.05) is 23.0 Å². The number of alkyl halides is 3. The van der Waals surface area contributed by atoms with Crippen molar-refractivity contribution in [1.29, 1.82) is 0 Å². The quantitative estimate of drug-likeness (QED) is 0.0648. The van der Waals surface area contributed by atoms with E-state index in [1.54, 1.807) is 57.4 Å². The summed E-state index contributed by atoms with van der Waals surface area (Å²) in [5, 5.41) is 20.6. The van der Waals surface area contributed by atoms with E-state index in [0.717, 1.165) is 66.7 Å². The van der Waals surface area contributed by atoms with Crippen LogP contribution in [0, 0.1) is 6.92 Å². The number of amides is 1. The monoisotopic (exact) mass is 905 g/mol. The topological polar surface area (TPSA) is 170 Å². The van der Waals surface area contributed by atoms with E-state index in [0.29, 0.717) is 48.3 Å². The Morgan fingerprint density at radius 1 is 1.02 bits per heavy atom. The van der Waals surface area contributed by atoms with Gasteiger partial charge < -0.3 is 39.4 Å². The number of halogens is 3. The molecule has 18 heteroatoms. The second-order valence-electron chi connectivity index (χ2n) is 17.4. The molecule has 5 aromatic rings. The molecular weight excluding hydrogens is 844 g/mol. The average Bonchev–Trinajstić information content (AvgIpc) is 3.68. The molecule has 352 valence electrons. The van der Waals surface area contributed by atoms with E-state index in [1.165, 1.54) is 12.3 Å². The zero-order chi connectivity index (χ0) is 46.7. The van der Waals surface area contributed by atoms with Gasteiger partial charge in [-0.25, -0.2) is 14.8 Å². The first kappa shape index (κ1) is 48.9. The number of anilines is 2. The van der Waals surface area contributed by atoms with Crippen LogP contribution < -0.4 is 21.1 Å². The van der Waals surface area contributed by atoms with Crippen molar-refractivity contribution in [1.82, 2.24) is 34.4 Å². The Balaban J connectivity index is 0.972. The molecule has 1 amide bonds. The van der Waals surface area contributed by atoms with E-state index < -0.39 is 29.6 Å². The highest BCUT2D eigenvalue weighted by molar-refractivity contribution is 5.69. The molecule has 0 unspecified atom stereocenters. The molecule has 1 aliphatic rings. The largest absolute Gasteiger partial charge is 0.444 e. The number of nitrogens with zero attached hydrogens (tertiary/aromatic N) is 7. The van der Waals surface area contributed by atoms with Gasteiger partial charge in [-0.05, 0) is 114 Å². The number of aliphatic hydroxyl groups is 1. The third-order valence-electron chi connectivity index (χ3n) is 11.2. The molecule has 0 radical (unpaired) electrons. The standard InChI is InChI=1S/C47H62F3N9O6/c1-7-34-28-53-59-41(26-42(56-44(34)59)58-16-9-8-12-37(58)15-18-60)52-27-33-13-14-43(61)57(30-33)17-20-64-22-21-63-19-10-11-36-24-35(25-40(55-36)47(48,49)50)38-29-51-39(23-31(38)2)32(3)54-45(62)65-46(4,5)6/h13-14,23-26,28-30,32,37,52,60H,7-12,15-22,27H2,1-6H3,(H,54,62)/t32-,37-/m0/s1. The maximum Gasteiger partial charge on any atom is 0.433 e. The lowest BCUT2D eigenvalue weighted by atomic mass is 9.99. The first-order valence-corrected chi connectivity index (χ1v) is 22.4. The number of aliphatic hydroxyl groups excluding tert-OH is 1. The highest BCUT2D eigenvalue weighted by atomic mass is 19.4. The van der Waals surface area contributed by atoms with Gasteiger partial charge >= 0.3 is 12.3 Å². The Morgan fingerprint density at radius 3 is 2.52 bits per heavy atom. The van der Waals surface area contributed by atoms with Crippen LogP contribution in [0.2, 0.25) is 0 Å². The van der Waals surface area contributed by atoms with Crippen LogP contribution in [-0.2, 0) is 46.3 Å². The maximum atomic E-state index is 14.0. The molecule has 0 aliphatic carbocycles. The van der Waals surface area contributed by atoms with Gasteiger partial charge in [0.1, 0.15) is 22.9 Å². The van der Waals surface area contributed by atoms with Gasteiger partial charge in [-0.1, -0.05) is 13.0 Å². The van der Waals surface area contributed by atoms with Crippen molar-refractivity contribution in [3.8, 4) is 11.1 Å². The molecular formula is C47H62F3N9O6. The van der Waals surface area contributed by atoms with Crippen molar-refractivity contribution in [3.63, 3.8) is 0 Å². The third kappa shape index (κ3) is 13.5. The smallest absolute Gasteiger partial charge is 0.433 e. The van der Waals surface area contributed by atoms with Crippen LogP contribution in [0.5, 0.6) is 0 Å². The van der Waals surface area contributed by atoms with Gasteiger partial charge in [0.05, 0.1) is 37.8 Å². The minimum atomic E-state index is -4.65.